The molecule has 3 aromatic rings. The highest BCUT2D eigenvalue weighted by Crippen LogP contribution is 2.14. The molecular formula is C14H9ClN4O. The molecule has 0 aliphatic heterocycles. The van der Waals surface area contributed by atoms with Crippen molar-refractivity contribution in [2.45, 2.75) is 0 Å². The van der Waals surface area contributed by atoms with Gasteiger partial charge in [-0.3, -0.25) is 15.1 Å². The van der Waals surface area contributed by atoms with E-state index in [9.17, 15) is 4.79 Å². The van der Waals surface area contributed by atoms with Gasteiger partial charge in [-0.2, -0.15) is 0 Å². The van der Waals surface area contributed by atoms with Gasteiger partial charge in [-0.1, -0.05) is 17.7 Å². The van der Waals surface area contributed by atoms with E-state index in [-0.39, 0.29) is 17.0 Å². The molecule has 0 atom stereocenters. The van der Waals surface area contributed by atoms with Gasteiger partial charge < -0.3 is 0 Å². The first-order valence-corrected chi connectivity index (χ1v) is 6.25. The summed E-state index contributed by atoms with van der Waals surface area (Å²) in [5, 5.41) is 3.77. The Morgan fingerprint density at radius 2 is 2.00 bits per heavy atom. The Kier molecular flexibility index (Phi) is 3.26. The third kappa shape index (κ3) is 2.57. The van der Waals surface area contributed by atoms with Crippen LogP contribution < -0.4 is 5.32 Å². The van der Waals surface area contributed by atoms with E-state index in [4.69, 9.17) is 11.6 Å². The normalized spacial score (nSPS) is 10.4. The quantitative estimate of drug-likeness (QED) is 0.735. The second-order valence-corrected chi connectivity index (χ2v) is 4.46. The van der Waals surface area contributed by atoms with Gasteiger partial charge in [-0.05, 0) is 30.3 Å². The molecule has 0 aliphatic rings. The molecule has 20 heavy (non-hydrogen) atoms. The van der Waals surface area contributed by atoms with Crippen LogP contribution >= 0.6 is 11.6 Å². The largest absolute Gasteiger partial charge is 0.290 e. The minimum Gasteiger partial charge on any atom is -0.290 e. The molecule has 0 aliphatic carbocycles. The highest BCUT2D eigenvalue weighted by Gasteiger charge is 2.08. The van der Waals surface area contributed by atoms with Crippen molar-refractivity contribution in [2.75, 3.05) is 5.32 Å². The number of halogens is 1. The van der Waals surface area contributed by atoms with Gasteiger partial charge in [0, 0.05) is 23.3 Å². The summed E-state index contributed by atoms with van der Waals surface area (Å²) in [5.41, 5.74) is 1.34. The van der Waals surface area contributed by atoms with Crippen molar-refractivity contribution in [2.24, 2.45) is 0 Å². The first-order chi connectivity index (χ1) is 9.72. The van der Waals surface area contributed by atoms with E-state index in [0.29, 0.717) is 5.56 Å². The van der Waals surface area contributed by atoms with Crippen LogP contribution in [0, 0.1) is 0 Å². The van der Waals surface area contributed by atoms with Crippen molar-refractivity contribution in [3.05, 3.63) is 59.5 Å². The topological polar surface area (TPSA) is 67.8 Å². The zero-order chi connectivity index (χ0) is 13.9. The number of fused-ring (bicyclic) bond motifs is 1. The predicted octanol–water partition coefficient (Wildman–Crippen LogP) is 2.93. The molecule has 1 aromatic carbocycles. The molecule has 2 heterocycles. The lowest BCUT2D eigenvalue weighted by Gasteiger charge is -2.04. The highest BCUT2D eigenvalue weighted by atomic mass is 35.5. The highest BCUT2D eigenvalue weighted by molar-refractivity contribution is 6.29. The van der Waals surface area contributed by atoms with Gasteiger partial charge in [0.25, 0.3) is 5.91 Å². The fourth-order valence-corrected chi connectivity index (χ4v) is 1.92. The third-order valence-electron chi connectivity index (χ3n) is 2.71. The van der Waals surface area contributed by atoms with Crippen LogP contribution in [0.25, 0.3) is 10.9 Å². The Morgan fingerprint density at radius 3 is 2.85 bits per heavy atom. The van der Waals surface area contributed by atoms with Gasteiger partial charge >= 0.3 is 0 Å². The Balaban J connectivity index is 1.88. The van der Waals surface area contributed by atoms with Crippen molar-refractivity contribution in [1.82, 2.24) is 15.0 Å². The number of aromatic nitrogens is 3. The van der Waals surface area contributed by atoms with Crippen LogP contribution in [-0.4, -0.2) is 20.9 Å². The van der Waals surface area contributed by atoms with Gasteiger partial charge in [-0.25, -0.2) is 9.97 Å². The molecule has 5 nitrogen and oxygen atoms in total. The molecule has 98 valence electrons. The minimum atomic E-state index is -0.294. The third-order valence-corrected chi connectivity index (χ3v) is 2.92. The Bertz CT molecular complexity index is 791. The van der Waals surface area contributed by atoms with E-state index in [1.807, 2.05) is 12.1 Å². The number of amides is 1. The van der Waals surface area contributed by atoms with Crippen LogP contribution in [0.15, 0.2) is 48.8 Å². The average Bonchev–Trinajstić information content (AvgIpc) is 2.47. The molecule has 3 rings (SSSR count). The number of rotatable bonds is 2. The number of pyridine rings is 1. The van der Waals surface area contributed by atoms with Crippen molar-refractivity contribution < 1.29 is 4.79 Å². The summed E-state index contributed by atoms with van der Waals surface area (Å²) in [6.45, 7) is 0. The first-order valence-electron chi connectivity index (χ1n) is 5.87. The van der Waals surface area contributed by atoms with E-state index < -0.39 is 0 Å². The molecule has 1 N–H and O–H groups in total. The predicted molar refractivity (Wildman–Crippen MR) is 76.7 cm³/mol. The minimum absolute atomic E-state index is 0.175. The standard InChI is InChI=1S/C14H9ClN4O/c15-12-5-7-17-14(18-12)19-13(20)10-3-4-11-9(8-10)2-1-6-16-11/h1-8H,(H,17,18,19,20). The molecule has 0 radical (unpaired) electrons. The second kappa shape index (κ2) is 5.22. The van der Waals surface area contributed by atoms with Gasteiger partial charge in [0.2, 0.25) is 5.95 Å². The molecule has 1 amide bonds. The van der Waals surface area contributed by atoms with E-state index in [1.165, 1.54) is 6.20 Å². The maximum absolute atomic E-state index is 12.1. The van der Waals surface area contributed by atoms with Crippen molar-refractivity contribution >= 4 is 34.4 Å². The van der Waals surface area contributed by atoms with E-state index in [0.717, 1.165) is 10.9 Å². The second-order valence-electron chi connectivity index (χ2n) is 4.07. The van der Waals surface area contributed by atoms with Crippen LogP contribution in [0.5, 0.6) is 0 Å². The molecule has 6 heteroatoms. The van der Waals surface area contributed by atoms with Gasteiger partial charge in [0.05, 0.1) is 5.52 Å². The van der Waals surface area contributed by atoms with Gasteiger partial charge in [0.15, 0.2) is 0 Å². The molecule has 2 aromatic heterocycles. The van der Waals surface area contributed by atoms with E-state index in [1.54, 1.807) is 30.5 Å². The average molecular weight is 285 g/mol. The van der Waals surface area contributed by atoms with Crippen LogP contribution in [0.4, 0.5) is 5.95 Å². The lowest BCUT2D eigenvalue weighted by Crippen LogP contribution is -2.14. The van der Waals surface area contributed by atoms with Crippen molar-refractivity contribution in [3.63, 3.8) is 0 Å². The number of hydrogen-bond donors (Lipinski definition) is 1. The number of nitrogens with one attached hydrogen (secondary N) is 1. The number of carbonyl (C=O) groups is 1. The summed E-state index contributed by atoms with van der Waals surface area (Å²) in [7, 11) is 0. The Morgan fingerprint density at radius 1 is 1.10 bits per heavy atom. The Hall–Kier alpha value is -2.53. The monoisotopic (exact) mass is 284 g/mol. The van der Waals surface area contributed by atoms with Crippen molar-refractivity contribution in [3.8, 4) is 0 Å². The Labute approximate surface area is 119 Å². The van der Waals surface area contributed by atoms with E-state index in [2.05, 4.69) is 20.3 Å². The fraction of sp³-hybridized carbons (Fsp3) is 0. The van der Waals surface area contributed by atoms with Crippen LogP contribution in [0.2, 0.25) is 5.15 Å². The zero-order valence-corrected chi connectivity index (χ0v) is 11.0. The van der Waals surface area contributed by atoms with Crippen LogP contribution in [0.1, 0.15) is 10.4 Å². The van der Waals surface area contributed by atoms with Crippen LogP contribution in [-0.2, 0) is 0 Å². The summed E-state index contributed by atoms with van der Waals surface area (Å²) < 4.78 is 0. The summed E-state index contributed by atoms with van der Waals surface area (Å²) in [4.78, 5) is 24.2. The lowest BCUT2D eigenvalue weighted by atomic mass is 10.1. The lowest BCUT2D eigenvalue weighted by molar-refractivity contribution is 0.102. The molecule has 0 spiro atoms. The van der Waals surface area contributed by atoms with Crippen LogP contribution in [0.3, 0.4) is 0 Å². The summed E-state index contributed by atoms with van der Waals surface area (Å²) in [6.07, 6.45) is 3.19. The summed E-state index contributed by atoms with van der Waals surface area (Å²) in [6, 6.07) is 10.5. The molecule has 0 bridgehead atoms. The molecular weight excluding hydrogens is 276 g/mol. The number of anilines is 1. The molecule has 0 unspecified atom stereocenters. The summed E-state index contributed by atoms with van der Waals surface area (Å²) in [5.74, 6) is -0.119. The first kappa shape index (κ1) is 12.5. The van der Waals surface area contributed by atoms with Gasteiger partial charge in [0.1, 0.15) is 5.15 Å². The maximum Gasteiger partial charge on any atom is 0.258 e. The number of carbonyl (C=O) groups excluding carboxylic acids is 1. The summed E-state index contributed by atoms with van der Waals surface area (Å²) >= 11 is 5.74. The SMILES string of the molecule is O=C(Nc1nccc(Cl)n1)c1ccc2ncccc2c1. The van der Waals surface area contributed by atoms with Crippen molar-refractivity contribution in [1.29, 1.82) is 0 Å². The van der Waals surface area contributed by atoms with E-state index >= 15 is 0 Å². The van der Waals surface area contributed by atoms with Gasteiger partial charge in [-0.15, -0.1) is 0 Å². The zero-order valence-electron chi connectivity index (χ0n) is 10.2. The smallest absolute Gasteiger partial charge is 0.258 e. The molecule has 0 fully saturated rings. The molecule has 0 saturated carbocycles. The maximum atomic E-state index is 12.1. The molecule has 0 saturated heterocycles. The number of hydrogen-bond acceptors (Lipinski definition) is 4. The number of benzene rings is 1. The fourth-order valence-electron chi connectivity index (χ4n) is 1.79. The number of nitrogens with zero attached hydrogens (tertiary/aromatic N) is 3.